The van der Waals surface area contributed by atoms with Gasteiger partial charge in [0.25, 0.3) is 0 Å². The van der Waals surface area contributed by atoms with Crippen molar-refractivity contribution in [2.75, 3.05) is 18.4 Å². The smallest absolute Gasteiger partial charge is 0.183 e. The Morgan fingerprint density at radius 3 is 2.76 bits per heavy atom. The second kappa shape index (κ2) is 5.36. The van der Waals surface area contributed by atoms with E-state index in [0.29, 0.717) is 12.0 Å². The van der Waals surface area contributed by atoms with E-state index in [1.165, 1.54) is 10.6 Å². The molecule has 0 atom stereocenters. The highest BCUT2D eigenvalue weighted by atomic mass is 32.1. The fourth-order valence-electron chi connectivity index (χ4n) is 2.02. The topological polar surface area (TPSA) is 28.2 Å². The van der Waals surface area contributed by atoms with Crippen molar-refractivity contribution in [3.63, 3.8) is 0 Å². The Kier molecular flexibility index (Phi) is 4.05. The summed E-state index contributed by atoms with van der Waals surface area (Å²) in [7, 11) is 0. The van der Waals surface area contributed by atoms with Gasteiger partial charge in [-0.2, -0.15) is 0 Å². The van der Waals surface area contributed by atoms with Crippen LogP contribution in [0.3, 0.4) is 0 Å². The van der Waals surface area contributed by atoms with Gasteiger partial charge in [0, 0.05) is 37.0 Å². The maximum atomic E-state index is 4.70. The van der Waals surface area contributed by atoms with Crippen molar-refractivity contribution in [1.29, 1.82) is 0 Å². The number of hydrogen-bond acceptors (Lipinski definition) is 4. The molecule has 3 nitrogen and oxygen atoms in total. The molecule has 1 aliphatic rings. The van der Waals surface area contributed by atoms with Crippen LogP contribution < -0.4 is 5.32 Å². The summed E-state index contributed by atoms with van der Waals surface area (Å²) in [4.78, 5) is 8.67. The molecule has 0 amide bonds. The van der Waals surface area contributed by atoms with E-state index in [0.717, 1.165) is 31.2 Å². The zero-order chi connectivity index (χ0) is 12.4. The van der Waals surface area contributed by atoms with Crippen molar-refractivity contribution in [2.45, 2.75) is 46.7 Å². The monoisotopic (exact) mass is 253 g/mol. The summed E-state index contributed by atoms with van der Waals surface area (Å²) >= 11 is 1.83. The van der Waals surface area contributed by atoms with Crippen molar-refractivity contribution in [2.24, 2.45) is 5.92 Å². The summed E-state index contributed by atoms with van der Waals surface area (Å²) in [6, 6.07) is 0.636. The summed E-state index contributed by atoms with van der Waals surface area (Å²) in [5.41, 5.74) is 1.32. The van der Waals surface area contributed by atoms with Crippen molar-refractivity contribution in [1.82, 2.24) is 9.88 Å². The second-order valence-corrected chi connectivity index (χ2v) is 6.56. The normalized spacial score (nSPS) is 16.6. The minimum atomic E-state index is 0.636. The Bertz CT molecular complexity index is 371. The van der Waals surface area contributed by atoms with E-state index in [1.807, 2.05) is 11.3 Å². The van der Waals surface area contributed by atoms with E-state index >= 15 is 0 Å². The lowest BCUT2D eigenvalue weighted by molar-refractivity contribution is 0.205. The first-order valence-corrected chi connectivity index (χ1v) is 7.34. The summed E-state index contributed by atoms with van der Waals surface area (Å²) in [6.07, 6.45) is 1.10. The largest absolute Gasteiger partial charge is 0.361 e. The number of aromatic nitrogens is 1. The molecule has 0 spiro atoms. The highest BCUT2D eigenvalue weighted by Crippen LogP contribution is 2.29. The van der Waals surface area contributed by atoms with E-state index < -0.39 is 0 Å². The fraction of sp³-hybridized carbons (Fsp3) is 0.769. The van der Waals surface area contributed by atoms with Crippen molar-refractivity contribution < 1.29 is 0 Å². The molecule has 1 aliphatic heterocycles. The van der Waals surface area contributed by atoms with Crippen LogP contribution in [0.15, 0.2) is 0 Å². The number of nitrogens with one attached hydrogen (secondary N) is 1. The average molecular weight is 253 g/mol. The molecule has 1 aromatic heterocycles. The standard InChI is InChI=1S/C13H23N3S/c1-9(2)7-14-13-15-11-5-6-16(10(3)4)8-12(11)17-13/h9-10H,5-8H2,1-4H3,(H,14,15). The highest BCUT2D eigenvalue weighted by Gasteiger charge is 2.22. The molecule has 2 heterocycles. The number of thiazole rings is 1. The number of anilines is 1. The Hall–Kier alpha value is -0.610. The van der Waals surface area contributed by atoms with Crippen LogP contribution in [0.2, 0.25) is 0 Å². The van der Waals surface area contributed by atoms with Gasteiger partial charge >= 0.3 is 0 Å². The van der Waals surface area contributed by atoms with Crippen LogP contribution in [-0.2, 0) is 13.0 Å². The molecule has 1 N–H and O–H groups in total. The number of nitrogens with zero attached hydrogens (tertiary/aromatic N) is 2. The first-order valence-electron chi connectivity index (χ1n) is 6.52. The summed E-state index contributed by atoms with van der Waals surface area (Å²) in [6.45, 7) is 12.2. The van der Waals surface area contributed by atoms with Crippen LogP contribution in [0.1, 0.15) is 38.3 Å². The maximum absolute atomic E-state index is 4.70. The Labute approximate surface area is 108 Å². The fourth-order valence-corrected chi connectivity index (χ4v) is 3.06. The van der Waals surface area contributed by atoms with E-state index in [1.54, 1.807) is 0 Å². The lowest BCUT2D eigenvalue weighted by Gasteiger charge is -2.29. The molecule has 2 rings (SSSR count). The lowest BCUT2D eigenvalue weighted by atomic mass is 10.1. The quantitative estimate of drug-likeness (QED) is 0.894. The average Bonchev–Trinajstić information content (AvgIpc) is 2.67. The van der Waals surface area contributed by atoms with Crippen molar-refractivity contribution >= 4 is 16.5 Å². The molecule has 1 aromatic rings. The predicted molar refractivity (Wildman–Crippen MR) is 74.7 cm³/mol. The van der Waals surface area contributed by atoms with E-state index in [9.17, 15) is 0 Å². The third-order valence-corrected chi connectivity index (χ3v) is 4.19. The van der Waals surface area contributed by atoms with Crippen LogP contribution in [0, 0.1) is 5.92 Å². The van der Waals surface area contributed by atoms with Gasteiger partial charge in [0.15, 0.2) is 5.13 Å². The zero-order valence-electron chi connectivity index (χ0n) is 11.3. The van der Waals surface area contributed by atoms with Gasteiger partial charge in [-0.3, -0.25) is 4.90 Å². The van der Waals surface area contributed by atoms with Gasteiger partial charge in [-0.1, -0.05) is 13.8 Å². The summed E-state index contributed by atoms with van der Waals surface area (Å²) in [5, 5.41) is 4.54. The zero-order valence-corrected chi connectivity index (χ0v) is 12.1. The molecular weight excluding hydrogens is 230 g/mol. The molecule has 0 aromatic carbocycles. The van der Waals surface area contributed by atoms with Crippen LogP contribution in [0.25, 0.3) is 0 Å². The van der Waals surface area contributed by atoms with Crippen LogP contribution in [0.4, 0.5) is 5.13 Å². The molecule has 0 radical (unpaired) electrons. The highest BCUT2D eigenvalue weighted by molar-refractivity contribution is 7.15. The minimum absolute atomic E-state index is 0.636. The van der Waals surface area contributed by atoms with Gasteiger partial charge in [0.05, 0.1) is 5.69 Å². The summed E-state index contributed by atoms with van der Waals surface area (Å²) < 4.78 is 0. The van der Waals surface area contributed by atoms with Gasteiger partial charge in [-0.15, -0.1) is 11.3 Å². The van der Waals surface area contributed by atoms with E-state index in [2.05, 4.69) is 37.9 Å². The molecular formula is C13H23N3S. The number of fused-ring (bicyclic) bond motifs is 1. The molecule has 0 fully saturated rings. The number of rotatable bonds is 4. The molecule has 96 valence electrons. The Morgan fingerprint density at radius 1 is 1.35 bits per heavy atom. The van der Waals surface area contributed by atoms with Crippen LogP contribution in [0.5, 0.6) is 0 Å². The molecule has 0 aliphatic carbocycles. The predicted octanol–water partition coefficient (Wildman–Crippen LogP) is 2.98. The van der Waals surface area contributed by atoms with Gasteiger partial charge in [-0.05, 0) is 19.8 Å². The molecule has 0 bridgehead atoms. The Balaban J connectivity index is 2.01. The first-order chi connectivity index (χ1) is 8.06. The number of hydrogen-bond donors (Lipinski definition) is 1. The van der Waals surface area contributed by atoms with Crippen molar-refractivity contribution in [3.05, 3.63) is 10.6 Å². The van der Waals surface area contributed by atoms with Gasteiger partial charge in [0.2, 0.25) is 0 Å². The van der Waals surface area contributed by atoms with Gasteiger partial charge < -0.3 is 5.32 Å². The van der Waals surface area contributed by atoms with Crippen molar-refractivity contribution in [3.8, 4) is 0 Å². The summed E-state index contributed by atoms with van der Waals surface area (Å²) in [5.74, 6) is 0.670. The maximum Gasteiger partial charge on any atom is 0.183 e. The second-order valence-electron chi connectivity index (χ2n) is 5.48. The van der Waals surface area contributed by atoms with Gasteiger partial charge in [0.1, 0.15) is 0 Å². The minimum Gasteiger partial charge on any atom is -0.361 e. The van der Waals surface area contributed by atoms with Crippen LogP contribution >= 0.6 is 11.3 Å². The van der Waals surface area contributed by atoms with Crippen LogP contribution in [-0.4, -0.2) is 29.0 Å². The SMILES string of the molecule is CC(C)CNc1nc2c(s1)CN(C(C)C)CC2. The first kappa shape index (κ1) is 12.8. The van der Waals surface area contributed by atoms with E-state index in [-0.39, 0.29) is 0 Å². The molecule has 0 saturated carbocycles. The molecule has 0 saturated heterocycles. The Morgan fingerprint density at radius 2 is 2.12 bits per heavy atom. The molecule has 0 unspecified atom stereocenters. The lowest BCUT2D eigenvalue weighted by Crippen LogP contribution is -2.35. The van der Waals surface area contributed by atoms with Gasteiger partial charge in [-0.25, -0.2) is 4.98 Å². The third kappa shape index (κ3) is 3.19. The third-order valence-electron chi connectivity index (χ3n) is 3.15. The molecule has 4 heteroatoms. The van der Waals surface area contributed by atoms with E-state index in [4.69, 9.17) is 4.98 Å². The molecule has 17 heavy (non-hydrogen) atoms.